The number of nitrogens with one attached hydrogen (secondary N) is 2. The van der Waals surface area contributed by atoms with Crippen LogP contribution in [0.25, 0.3) is 0 Å². The number of hydrogen-bond donors (Lipinski definition) is 2. The summed E-state index contributed by atoms with van der Waals surface area (Å²) in [6.45, 7) is 2.05. The molecule has 0 radical (unpaired) electrons. The van der Waals surface area contributed by atoms with Gasteiger partial charge in [-0.25, -0.2) is 0 Å². The van der Waals surface area contributed by atoms with E-state index in [1.165, 1.54) is 0 Å². The van der Waals surface area contributed by atoms with Crippen LogP contribution in [0.2, 0.25) is 0 Å². The van der Waals surface area contributed by atoms with Gasteiger partial charge in [0.25, 0.3) is 5.91 Å². The molecular formula is C13H19ClN2O3. The summed E-state index contributed by atoms with van der Waals surface area (Å²) in [5.41, 5.74) is 1.86. The van der Waals surface area contributed by atoms with E-state index in [1.54, 1.807) is 0 Å². The van der Waals surface area contributed by atoms with Crippen molar-refractivity contribution in [2.45, 2.75) is 12.6 Å². The molecule has 106 valence electrons. The highest BCUT2D eigenvalue weighted by atomic mass is 35.5. The van der Waals surface area contributed by atoms with Crippen LogP contribution in [0.5, 0.6) is 0 Å². The van der Waals surface area contributed by atoms with Crippen molar-refractivity contribution in [3.05, 3.63) is 29.8 Å². The Hall–Kier alpha value is -1.14. The van der Waals surface area contributed by atoms with Crippen LogP contribution in [0.1, 0.15) is 5.56 Å². The molecule has 5 nitrogen and oxygen atoms in total. The Bertz CT molecular complexity index is 409. The molecule has 1 heterocycles. The van der Waals surface area contributed by atoms with Gasteiger partial charge in [0.2, 0.25) is 0 Å². The number of benzene rings is 1. The second-order valence-corrected chi connectivity index (χ2v) is 4.11. The molecule has 1 aliphatic heterocycles. The van der Waals surface area contributed by atoms with Crippen LogP contribution >= 0.6 is 12.4 Å². The van der Waals surface area contributed by atoms with Crippen molar-refractivity contribution in [2.24, 2.45) is 0 Å². The zero-order valence-electron chi connectivity index (χ0n) is 10.8. The van der Waals surface area contributed by atoms with E-state index in [4.69, 9.17) is 9.47 Å². The second-order valence-electron chi connectivity index (χ2n) is 4.11. The molecule has 0 bridgehead atoms. The van der Waals surface area contributed by atoms with E-state index in [0.717, 1.165) is 11.3 Å². The van der Waals surface area contributed by atoms with Gasteiger partial charge in [0.1, 0.15) is 0 Å². The normalized spacial score (nSPS) is 18.5. The van der Waals surface area contributed by atoms with Crippen molar-refractivity contribution in [3.63, 3.8) is 0 Å². The average Bonchev–Trinajstić information content (AvgIpc) is 2.42. The van der Waals surface area contributed by atoms with E-state index < -0.39 is 6.10 Å². The molecule has 2 rings (SSSR count). The highest BCUT2D eigenvalue weighted by Crippen LogP contribution is 2.15. The van der Waals surface area contributed by atoms with Gasteiger partial charge in [-0.3, -0.25) is 4.79 Å². The van der Waals surface area contributed by atoms with Gasteiger partial charge >= 0.3 is 0 Å². The number of carbonyl (C=O) groups is 1. The molecule has 1 fully saturated rings. The molecule has 19 heavy (non-hydrogen) atoms. The van der Waals surface area contributed by atoms with Gasteiger partial charge in [0.05, 0.1) is 19.8 Å². The van der Waals surface area contributed by atoms with E-state index >= 15 is 0 Å². The largest absolute Gasteiger partial charge is 0.376 e. The molecule has 1 aromatic rings. The fourth-order valence-corrected chi connectivity index (χ4v) is 1.84. The van der Waals surface area contributed by atoms with Crippen LogP contribution < -0.4 is 10.6 Å². The van der Waals surface area contributed by atoms with Crippen LogP contribution in [0, 0.1) is 0 Å². The maximum absolute atomic E-state index is 12.0. The first kappa shape index (κ1) is 15.9. The molecule has 1 unspecified atom stereocenters. The third kappa shape index (κ3) is 4.47. The zero-order chi connectivity index (χ0) is 12.8. The molecule has 1 atom stereocenters. The summed E-state index contributed by atoms with van der Waals surface area (Å²) in [7, 11) is 1.87. The van der Waals surface area contributed by atoms with Crippen molar-refractivity contribution in [2.75, 3.05) is 32.2 Å². The van der Waals surface area contributed by atoms with Crippen molar-refractivity contribution in [1.29, 1.82) is 0 Å². The summed E-state index contributed by atoms with van der Waals surface area (Å²) >= 11 is 0. The van der Waals surface area contributed by atoms with E-state index in [2.05, 4.69) is 10.6 Å². The van der Waals surface area contributed by atoms with Crippen LogP contribution in [-0.2, 0) is 20.8 Å². The van der Waals surface area contributed by atoms with E-state index in [1.807, 2.05) is 31.3 Å². The van der Waals surface area contributed by atoms with Gasteiger partial charge in [-0.1, -0.05) is 18.2 Å². The smallest absolute Gasteiger partial charge is 0.255 e. The first-order chi connectivity index (χ1) is 8.81. The minimum Gasteiger partial charge on any atom is -0.376 e. The standard InChI is InChI=1S/C13H18N2O3.ClH/c1-14-8-10-4-2-3-5-11(10)15-13(16)12-9-17-6-7-18-12;/h2-5,12,14H,6-9H2,1H3,(H,15,16);1H. The molecule has 2 N–H and O–H groups in total. The lowest BCUT2D eigenvalue weighted by Crippen LogP contribution is -2.39. The predicted octanol–water partition coefficient (Wildman–Crippen LogP) is 1.18. The number of anilines is 1. The van der Waals surface area contributed by atoms with Gasteiger partial charge < -0.3 is 20.1 Å². The van der Waals surface area contributed by atoms with Crippen LogP contribution in [0.15, 0.2) is 24.3 Å². The predicted molar refractivity (Wildman–Crippen MR) is 75.6 cm³/mol. The highest BCUT2D eigenvalue weighted by molar-refractivity contribution is 5.95. The van der Waals surface area contributed by atoms with E-state index in [0.29, 0.717) is 26.4 Å². The Balaban J connectivity index is 0.00000180. The third-order valence-corrected chi connectivity index (χ3v) is 2.75. The van der Waals surface area contributed by atoms with Gasteiger partial charge in [-0.15, -0.1) is 12.4 Å². The Morgan fingerprint density at radius 3 is 2.84 bits per heavy atom. The molecule has 1 aliphatic rings. The average molecular weight is 287 g/mol. The maximum atomic E-state index is 12.0. The maximum Gasteiger partial charge on any atom is 0.255 e. The molecule has 0 spiro atoms. The number of rotatable bonds is 4. The summed E-state index contributed by atoms with van der Waals surface area (Å²) < 4.78 is 10.6. The first-order valence-corrected chi connectivity index (χ1v) is 6.04. The minimum atomic E-state index is -0.513. The van der Waals surface area contributed by atoms with Gasteiger partial charge in [0.15, 0.2) is 6.10 Å². The molecule has 0 aliphatic carbocycles. The monoisotopic (exact) mass is 286 g/mol. The number of ether oxygens (including phenoxy) is 2. The molecule has 0 saturated carbocycles. The SMILES string of the molecule is CNCc1ccccc1NC(=O)C1COCCO1.Cl. The van der Waals surface area contributed by atoms with E-state index in [9.17, 15) is 4.79 Å². The lowest BCUT2D eigenvalue weighted by molar-refractivity contribution is -0.142. The van der Waals surface area contributed by atoms with Gasteiger partial charge in [-0.05, 0) is 18.7 Å². The van der Waals surface area contributed by atoms with E-state index in [-0.39, 0.29) is 18.3 Å². The number of carbonyl (C=O) groups excluding carboxylic acids is 1. The van der Waals surface area contributed by atoms with Crippen molar-refractivity contribution in [3.8, 4) is 0 Å². The fourth-order valence-electron chi connectivity index (χ4n) is 1.84. The lowest BCUT2D eigenvalue weighted by atomic mass is 10.1. The first-order valence-electron chi connectivity index (χ1n) is 6.04. The minimum absolute atomic E-state index is 0. The Kier molecular flexibility index (Phi) is 6.80. The highest BCUT2D eigenvalue weighted by Gasteiger charge is 2.23. The van der Waals surface area contributed by atoms with Crippen LogP contribution in [0.3, 0.4) is 0 Å². The van der Waals surface area contributed by atoms with Gasteiger partial charge in [0, 0.05) is 12.2 Å². The van der Waals surface area contributed by atoms with Crippen molar-refractivity contribution < 1.29 is 14.3 Å². The molecule has 0 aromatic heterocycles. The molecular weight excluding hydrogens is 268 g/mol. The molecule has 1 aromatic carbocycles. The Labute approximate surface area is 119 Å². The summed E-state index contributed by atoms with van der Waals surface area (Å²) in [6.07, 6.45) is -0.513. The quantitative estimate of drug-likeness (QED) is 0.873. The lowest BCUT2D eigenvalue weighted by Gasteiger charge is -2.22. The topological polar surface area (TPSA) is 59.6 Å². The molecule has 1 amide bonds. The number of para-hydroxylation sites is 1. The Morgan fingerprint density at radius 2 is 2.16 bits per heavy atom. The van der Waals surface area contributed by atoms with Gasteiger partial charge in [-0.2, -0.15) is 0 Å². The summed E-state index contributed by atoms with van der Waals surface area (Å²) in [6, 6.07) is 7.70. The number of hydrogen-bond acceptors (Lipinski definition) is 4. The summed E-state index contributed by atoms with van der Waals surface area (Å²) in [5, 5.41) is 5.95. The van der Waals surface area contributed by atoms with Crippen molar-refractivity contribution in [1.82, 2.24) is 5.32 Å². The number of amides is 1. The summed E-state index contributed by atoms with van der Waals surface area (Å²) in [5.74, 6) is -0.154. The zero-order valence-corrected chi connectivity index (χ0v) is 11.7. The fraction of sp³-hybridized carbons (Fsp3) is 0.462. The van der Waals surface area contributed by atoms with Crippen molar-refractivity contribution >= 4 is 24.0 Å². The van der Waals surface area contributed by atoms with Crippen LogP contribution in [-0.4, -0.2) is 38.9 Å². The molecule has 6 heteroatoms. The number of halogens is 1. The molecule has 1 saturated heterocycles. The third-order valence-electron chi connectivity index (χ3n) is 2.75. The second kappa shape index (κ2) is 8.12. The van der Waals surface area contributed by atoms with Crippen LogP contribution in [0.4, 0.5) is 5.69 Å². The Morgan fingerprint density at radius 1 is 1.37 bits per heavy atom. The summed E-state index contributed by atoms with van der Waals surface area (Å²) in [4.78, 5) is 12.0.